The summed E-state index contributed by atoms with van der Waals surface area (Å²) in [6, 6.07) is 8.36. The number of hydrogen-bond donors (Lipinski definition) is 1. The number of benzene rings is 1. The maximum atomic E-state index is 12.4. The van der Waals surface area contributed by atoms with Crippen molar-refractivity contribution >= 4 is 21.6 Å². The first-order valence-electron chi connectivity index (χ1n) is 8.67. The topological polar surface area (TPSA) is 90.3 Å². The number of carbonyl (C=O) groups is 1. The molecule has 1 N–H and O–H groups in total. The predicted molar refractivity (Wildman–Crippen MR) is 97.6 cm³/mol. The molecule has 0 atom stereocenters. The Hall–Kier alpha value is -2.07. The highest BCUT2D eigenvalue weighted by atomic mass is 32.2. The fraction of sp³-hybridized carbons (Fsp3) is 0.556. The van der Waals surface area contributed by atoms with Gasteiger partial charge in [0.15, 0.2) is 0 Å². The van der Waals surface area contributed by atoms with Crippen molar-refractivity contribution < 1.29 is 13.2 Å². The van der Waals surface area contributed by atoms with E-state index in [1.165, 1.54) is 25.3 Å². The fourth-order valence-corrected chi connectivity index (χ4v) is 3.98. The van der Waals surface area contributed by atoms with Crippen molar-refractivity contribution in [1.82, 2.24) is 5.32 Å². The number of amides is 1. The molecule has 0 radical (unpaired) electrons. The van der Waals surface area contributed by atoms with Crippen LogP contribution in [0.1, 0.15) is 50.5 Å². The third-order valence-corrected chi connectivity index (χ3v) is 5.56. The van der Waals surface area contributed by atoms with E-state index >= 15 is 0 Å². The molecule has 0 saturated heterocycles. The summed E-state index contributed by atoms with van der Waals surface area (Å²) in [4.78, 5) is 12.4. The molecule has 0 unspecified atom stereocenters. The highest BCUT2D eigenvalue weighted by Gasteiger charge is 2.23. The van der Waals surface area contributed by atoms with Crippen LogP contribution in [0.3, 0.4) is 0 Å². The molecule has 1 saturated carbocycles. The molecule has 1 aromatic rings. The molecule has 1 amide bonds. The first kappa shape index (κ1) is 19.3. The Kier molecular flexibility index (Phi) is 6.82. The van der Waals surface area contributed by atoms with E-state index in [1.807, 2.05) is 6.07 Å². The van der Waals surface area contributed by atoms with Crippen molar-refractivity contribution in [3.63, 3.8) is 0 Å². The monoisotopic (exact) mass is 363 g/mol. The molecule has 1 aromatic carbocycles. The van der Waals surface area contributed by atoms with Crippen LogP contribution in [0.4, 0.5) is 5.69 Å². The quantitative estimate of drug-likeness (QED) is 0.870. The van der Waals surface area contributed by atoms with Gasteiger partial charge in [-0.25, -0.2) is 8.42 Å². The van der Waals surface area contributed by atoms with Gasteiger partial charge in [-0.1, -0.05) is 38.2 Å². The molecule has 2 rings (SSSR count). The van der Waals surface area contributed by atoms with E-state index in [2.05, 4.69) is 5.32 Å². The van der Waals surface area contributed by atoms with E-state index in [4.69, 9.17) is 5.26 Å². The minimum Gasteiger partial charge on any atom is -0.352 e. The number of anilines is 1. The van der Waals surface area contributed by atoms with Gasteiger partial charge in [0.2, 0.25) is 15.9 Å². The van der Waals surface area contributed by atoms with Crippen molar-refractivity contribution in [2.45, 2.75) is 51.0 Å². The van der Waals surface area contributed by atoms with Gasteiger partial charge in [-0.05, 0) is 31.0 Å². The Bertz CT molecular complexity index is 732. The summed E-state index contributed by atoms with van der Waals surface area (Å²) in [5.74, 6) is -0.307. The summed E-state index contributed by atoms with van der Waals surface area (Å²) in [5, 5.41) is 12.0. The van der Waals surface area contributed by atoms with Crippen molar-refractivity contribution in [2.75, 3.05) is 17.1 Å². The van der Waals surface area contributed by atoms with E-state index < -0.39 is 10.0 Å². The molecule has 1 aliphatic rings. The van der Waals surface area contributed by atoms with Crippen LogP contribution in [-0.4, -0.2) is 33.2 Å². The van der Waals surface area contributed by atoms with E-state index in [1.54, 1.807) is 18.2 Å². The molecular weight excluding hydrogens is 338 g/mol. The molecule has 0 bridgehead atoms. The lowest BCUT2D eigenvalue weighted by Gasteiger charge is -2.25. The zero-order chi connectivity index (χ0) is 18.3. The third-order valence-electron chi connectivity index (χ3n) is 4.42. The fourth-order valence-electron chi connectivity index (χ4n) is 3.13. The Balaban J connectivity index is 2.08. The average Bonchev–Trinajstić information content (AvgIpc) is 2.54. The molecule has 0 aliphatic heterocycles. The molecule has 1 fully saturated rings. The van der Waals surface area contributed by atoms with Gasteiger partial charge in [-0.15, -0.1) is 0 Å². The lowest BCUT2D eigenvalue weighted by molar-refractivity contribution is -0.120. The minimum absolute atomic E-state index is 0.111. The third kappa shape index (κ3) is 6.05. The minimum atomic E-state index is -3.63. The summed E-state index contributed by atoms with van der Waals surface area (Å²) >= 11 is 0. The normalized spacial score (nSPS) is 16.3. The summed E-state index contributed by atoms with van der Waals surface area (Å²) in [6.45, 7) is -0.274. The maximum absolute atomic E-state index is 12.4. The molecule has 0 spiro atoms. The summed E-state index contributed by atoms with van der Waals surface area (Å²) < 4.78 is 25.3. The van der Waals surface area contributed by atoms with E-state index in [0.717, 1.165) is 36.2 Å². The highest BCUT2D eigenvalue weighted by Crippen LogP contribution is 2.20. The van der Waals surface area contributed by atoms with Crippen LogP contribution in [0.2, 0.25) is 0 Å². The zero-order valence-corrected chi connectivity index (χ0v) is 15.4. The SMILES string of the molecule is CS(=O)(=O)N(CC(=O)NC1CCCCCCC1)c1cccc(C#N)c1. The summed E-state index contributed by atoms with van der Waals surface area (Å²) in [7, 11) is -3.63. The lowest BCUT2D eigenvalue weighted by atomic mass is 9.97. The van der Waals surface area contributed by atoms with Gasteiger partial charge in [0.25, 0.3) is 0 Å². The highest BCUT2D eigenvalue weighted by molar-refractivity contribution is 7.92. The Morgan fingerprint density at radius 3 is 2.48 bits per heavy atom. The Labute approximate surface area is 149 Å². The second-order valence-corrected chi connectivity index (χ2v) is 8.45. The average molecular weight is 363 g/mol. The maximum Gasteiger partial charge on any atom is 0.240 e. The van der Waals surface area contributed by atoms with Gasteiger partial charge in [0, 0.05) is 6.04 Å². The van der Waals surface area contributed by atoms with Gasteiger partial charge in [0.05, 0.1) is 23.6 Å². The second kappa shape index (κ2) is 8.86. The molecule has 25 heavy (non-hydrogen) atoms. The lowest BCUT2D eigenvalue weighted by Crippen LogP contribution is -2.44. The van der Waals surface area contributed by atoms with Crippen LogP contribution in [0, 0.1) is 11.3 Å². The number of nitrogens with zero attached hydrogens (tertiary/aromatic N) is 2. The first-order valence-corrected chi connectivity index (χ1v) is 10.5. The molecule has 6 nitrogen and oxygen atoms in total. The number of hydrogen-bond acceptors (Lipinski definition) is 4. The van der Waals surface area contributed by atoms with Gasteiger partial charge < -0.3 is 5.32 Å². The van der Waals surface area contributed by atoms with Crippen LogP contribution in [0.25, 0.3) is 0 Å². The van der Waals surface area contributed by atoms with Crippen molar-refractivity contribution in [3.8, 4) is 6.07 Å². The largest absolute Gasteiger partial charge is 0.352 e. The molecule has 0 aromatic heterocycles. The van der Waals surface area contributed by atoms with E-state index in [0.29, 0.717) is 11.3 Å². The number of carbonyl (C=O) groups excluding carboxylic acids is 1. The zero-order valence-electron chi connectivity index (χ0n) is 14.6. The summed E-state index contributed by atoms with van der Waals surface area (Å²) in [5.41, 5.74) is 0.681. The molecule has 136 valence electrons. The van der Waals surface area contributed by atoms with Gasteiger partial charge in [-0.3, -0.25) is 9.10 Å². The van der Waals surface area contributed by atoms with Crippen LogP contribution in [0.5, 0.6) is 0 Å². The summed E-state index contributed by atoms with van der Waals surface area (Å²) in [6.07, 6.45) is 8.73. The standard InChI is InChI=1S/C18H25N3O3S/c1-25(23,24)21(17-11-7-8-15(12-17)13-19)14-18(22)20-16-9-5-3-2-4-6-10-16/h7-8,11-12,16H,2-6,9-10,14H2,1H3,(H,20,22). The number of rotatable bonds is 5. The number of nitriles is 1. The van der Waals surface area contributed by atoms with Crippen molar-refractivity contribution in [2.24, 2.45) is 0 Å². The van der Waals surface area contributed by atoms with Gasteiger partial charge >= 0.3 is 0 Å². The van der Waals surface area contributed by atoms with E-state index in [-0.39, 0.29) is 18.5 Å². The molecule has 7 heteroatoms. The Morgan fingerprint density at radius 2 is 1.88 bits per heavy atom. The van der Waals surface area contributed by atoms with Crippen LogP contribution in [-0.2, 0) is 14.8 Å². The Morgan fingerprint density at radius 1 is 1.24 bits per heavy atom. The smallest absolute Gasteiger partial charge is 0.240 e. The first-order chi connectivity index (χ1) is 11.9. The van der Waals surface area contributed by atoms with Crippen LogP contribution >= 0.6 is 0 Å². The van der Waals surface area contributed by atoms with Crippen LogP contribution in [0.15, 0.2) is 24.3 Å². The van der Waals surface area contributed by atoms with Gasteiger partial charge in [0.1, 0.15) is 6.54 Å². The second-order valence-electron chi connectivity index (χ2n) is 6.54. The molecule has 0 heterocycles. The molecular formula is C18H25N3O3S. The number of nitrogens with one attached hydrogen (secondary N) is 1. The van der Waals surface area contributed by atoms with Crippen molar-refractivity contribution in [1.29, 1.82) is 5.26 Å². The van der Waals surface area contributed by atoms with Crippen molar-refractivity contribution in [3.05, 3.63) is 29.8 Å². The van der Waals surface area contributed by atoms with Gasteiger partial charge in [-0.2, -0.15) is 5.26 Å². The number of sulfonamides is 1. The van der Waals surface area contributed by atoms with E-state index in [9.17, 15) is 13.2 Å². The van der Waals surface area contributed by atoms with Crippen LogP contribution < -0.4 is 9.62 Å². The molecule has 1 aliphatic carbocycles. The predicted octanol–water partition coefficient (Wildman–Crippen LogP) is 2.55.